The number of carbonyl (C=O) groups is 1. The maximum atomic E-state index is 11.4. The summed E-state index contributed by atoms with van der Waals surface area (Å²) in [4.78, 5) is 15.4. The Morgan fingerprint density at radius 3 is 2.32 bits per heavy atom. The molecule has 1 heterocycles. The number of benzene rings is 1. The van der Waals surface area contributed by atoms with Crippen molar-refractivity contribution in [3.05, 3.63) is 24.3 Å². The second kappa shape index (κ2) is 6.31. The summed E-state index contributed by atoms with van der Waals surface area (Å²) < 4.78 is 10.1. The predicted molar refractivity (Wildman–Crippen MR) is 73.8 cm³/mol. The van der Waals surface area contributed by atoms with Gasteiger partial charge in [0.15, 0.2) is 0 Å². The van der Waals surface area contributed by atoms with Crippen LogP contribution in [0.3, 0.4) is 0 Å². The Bertz CT molecular complexity index is 411. The first-order valence-corrected chi connectivity index (χ1v) is 6.55. The van der Waals surface area contributed by atoms with E-state index in [1.165, 1.54) is 7.11 Å². The van der Waals surface area contributed by atoms with Crippen LogP contribution in [0.2, 0.25) is 0 Å². The summed E-state index contributed by atoms with van der Waals surface area (Å²) in [5.74, 6) is 0.888. The summed E-state index contributed by atoms with van der Waals surface area (Å²) in [7, 11) is 1.42. The Kier molecular flexibility index (Phi) is 4.49. The Labute approximate surface area is 113 Å². The minimum atomic E-state index is -0.244. The van der Waals surface area contributed by atoms with Gasteiger partial charge in [0, 0.05) is 31.9 Å². The molecular formula is C14H20N2O3. The second-order valence-electron chi connectivity index (χ2n) is 4.37. The van der Waals surface area contributed by atoms with Gasteiger partial charge in [-0.3, -0.25) is 0 Å². The Morgan fingerprint density at radius 1 is 1.16 bits per heavy atom. The summed E-state index contributed by atoms with van der Waals surface area (Å²) in [5.41, 5.74) is 1.16. The normalized spacial score (nSPS) is 15.3. The quantitative estimate of drug-likeness (QED) is 0.837. The standard InChI is InChI=1S/C14H20N2O3/c1-3-19-13-6-4-12(5-7-13)15-8-10-16(11-9-15)14(17)18-2/h4-7H,3,8-11H2,1-2H3. The van der Waals surface area contributed by atoms with Crippen LogP contribution in [0.1, 0.15) is 6.92 Å². The SMILES string of the molecule is CCOc1ccc(N2CCN(C(=O)OC)CC2)cc1. The molecule has 1 aromatic rings. The number of hydrogen-bond donors (Lipinski definition) is 0. The van der Waals surface area contributed by atoms with E-state index in [9.17, 15) is 4.79 Å². The molecule has 5 nitrogen and oxygen atoms in total. The topological polar surface area (TPSA) is 42.0 Å². The van der Waals surface area contributed by atoms with Gasteiger partial charge < -0.3 is 19.3 Å². The molecule has 0 bridgehead atoms. The van der Waals surface area contributed by atoms with Gasteiger partial charge in [-0.1, -0.05) is 0 Å². The van der Waals surface area contributed by atoms with Crippen LogP contribution in [-0.2, 0) is 4.74 Å². The van der Waals surface area contributed by atoms with Crippen molar-refractivity contribution in [1.82, 2.24) is 4.90 Å². The molecule has 0 atom stereocenters. The summed E-state index contributed by atoms with van der Waals surface area (Å²) in [5, 5.41) is 0. The van der Waals surface area contributed by atoms with Crippen molar-refractivity contribution in [3.8, 4) is 5.75 Å². The van der Waals surface area contributed by atoms with E-state index in [2.05, 4.69) is 17.0 Å². The van der Waals surface area contributed by atoms with Gasteiger partial charge in [0.1, 0.15) is 5.75 Å². The highest BCUT2D eigenvalue weighted by atomic mass is 16.5. The molecule has 2 rings (SSSR count). The molecule has 0 aromatic heterocycles. The molecule has 0 aliphatic carbocycles. The fraction of sp³-hybridized carbons (Fsp3) is 0.500. The van der Waals surface area contributed by atoms with Crippen LogP contribution < -0.4 is 9.64 Å². The van der Waals surface area contributed by atoms with Gasteiger partial charge in [0.2, 0.25) is 0 Å². The van der Waals surface area contributed by atoms with E-state index in [0.717, 1.165) is 24.5 Å². The number of methoxy groups -OCH3 is 1. The van der Waals surface area contributed by atoms with E-state index in [1.807, 2.05) is 19.1 Å². The number of carbonyl (C=O) groups excluding carboxylic acids is 1. The first-order chi connectivity index (χ1) is 9.24. The largest absolute Gasteiger partial charge is 0.494 e. The minimum absolute atomic E-state index is 0.244. The van der Waals surface area contributed by atoms with Crippen LogP contribution in [-0.4, -0.2) is 50.9 Å². The molecule has 1 amide bonds. The van der Waals surface area contributed by atoms with Crippen LogP contribution in [0.5, 0.6) is 5.75 Å². The van der Waals surface area contributed by atoms with Crippen LogP contribution in [0, 0.1) is 0 Å². The Balaban J connectivity index is 1.92. The number of nitrogens with zero attached hydrogens (tertiary/aromatic N) is 2. The van der Waals surface area contributed by atoms with Crippen LogP contribution in [0.25, 0.3) is 0 Å². The minimum Gasteiger partial charge on any atom is -0.494 e. The van der Waals surface area contributed by atoms with E-state index in [0.29, 0.717) is 19.7 Å². The lowest BCUT2D eigenvalue weighted by molar-refractivity contribution is 0.121. The number of amides is 1. The smallest absolute Gasteiger partial charge is 0.409 e. The molecule has 0 radical (unpaired) electrons. The predicted octanol–water partition coefficient (Wildman–Crippen LogP) is 1.97. The molecule has 1 aromatic carbocycles. The average Bonchev–Trinajstić information content (AvgIpc) is 2.48. The number of rotatable bonds is 3. The Morgan fingerprint density at radius 2 is 1.79 bits per heavy atom. The van der Waals surface area contributed by atoms with Gasteiger partial charge in [-0.15, -0.1) is 0 Å². The zero-order valence-electron chi connectivity index (χ0n) is 11.5. The molecule has 0 N–H and O–H groups in total. The van der Waals surface area contributed by atoms with Gasteiger partial charge >= 0.3 is 6.09 Å². The first-order valence-electron chi connectivity index (χ1n) is 6.55. The maximum absolute atomic E-state index is 11.4. The van der Waals surface area contributed by atoms with Crippen molar-refractivity contribution < 1.29 is 14.3 Å². The average molecular weight is 264 g/mol. The molecule has 5 heteroatoms. The molecule has 1 aliphatic rings. The lowest BCUT2D eigenvalue weighted by Gasteiger charge is -2.35. The molecule has 0 spiro atoms. The van der Waals surface area contributed by atoms with Gasteiger partial charge in [-0.25, -0.2) is 4.79 Å². The molecule has 1 aliphatic heterocycles. The lowest BCUT2D eigenvalue weighted by atomic mass is 10.2. The number of ether oxygens (including phenoxy) is 2. The maximum Gasteiger partial charge on any atom is 0.409 e. The molecule has 1 saturated heterocycles. The molecule has 19 heavy (non-hydrogen) atoms. The van der Waals surface area contributed by atoms with Crippen molar-refractivity contribution in [2.45, 2.75) is 6.92 Å². The summed E-state index contributed by atoms with van der Waals surface area (Å²) in [6.07, 6.45) is -0.244. The van der Waals surface area contributed by atoms with Gasteiger partial charge in [0.25, 0.3) is 0 Å². The summed E-state index contributed by atoms with van der Waals surface area (Å²) in [6, 6.07) is 8.06. The monoisotopic (exact) mass is 264 g/mol. The third-order valence-corrected chi connectivity index (χ3v) is 3.23. The van der Waals surface area contributed by atoms with Crippen molar-refractivity contribution in [2.75, 3.05) is 44.8 Å². The van der Waals surface area contributed by atoms with Crippen molar-refractivity contribution in [1.29, 1.82) is 0 Å². The molecule has 0 saturated carbocycles. The highest BCUT2D eigenvalue weighted by Gasteiger charge is 2.21. The molecule has 1 fully saturated rings. The zero-order valence-corrected chi connectivity index (χ0v) is 11.5. The van der Waals surface area contributed by atoms with Crippen molar-refractivity contribution in [3.63, 3.8) is 0 Å². The highest BCUT2D eigenvalue weighted by Crippen LogP contribution is 2.20. The van der Waals surface area contributed by atoms with Crippen LogP contribution in [0.15, 0.2) is 24.3 Å². The number of piperazine rings is 1. The molecule has 104 valence electrons. The van der Waals surface area contributed by atoms with Gasteiger partial charge in [-0.2, -0.15) is 0 Å². The van der Waals surface area contributed by atoms with E-state index in [4.69, 9.17) is 9.47 Å². The third-order valence-electron chi connectivity index (χ3n) is 3.23. The lowest BCUT2D eigenvalue weighted by Crippen LogP contribution is -2.48. The van der Waals surface area contributed by atoms with E-state index in [1.54, 1.807) is 4.90 Å². The van der Waals surface area contributed by atoms with Crippen LogP contribution >= 0.6 is 0 Å². The summed E-state index contributed by atoms with van der Waals surface area (Å²) in [6.45, 7) is 5.68. The van der Waals surface area contributed by atoms with E-state index >= 15 is 0 Å². The Hall–Kier alpha value is -1.91. The van der Waals surface area contributed by atoms with Crippen molar-refractivity contribution in [2.24, 2.45) is 0 Å². The van der Waals surface area contributed by atoms with Gasteiger partial charge in [0.05, 0.1) is 13.7 Å². The van der Waals surface area contributed by atoms with E-state index < -0.39 is 0 Å². The fourth-order valence-corrected chi connectivity index (χ4v) is 2.20. The molecule has 0 unspecified atom stereocenters. The number of hydrogen-bond acceptors (Lipinski definition) is 4. The van der Waals surface area contributed by atoms with Crippen molar-refractivity contribution >= 4 is 11.8 Å². The van der Waals surface area contributed by atoms with Crippen LogP contribution in [0.4, 0.5) is 10.5 Å². The number of anilines is 1. The third kappa shape index (κ3) is 3.30. The second-order valence-corrected chi connectivity index (χ2v) is 4.37. The fourth-order valence-electron chi connectivity index (χ4n) is 2.20. The zero-order chi connectivity index (χ0) is 13.7. The van der Waals surface area contributed by atoms with Gasteiger partial charge in [-0.05, 0) is 31.2 Å². The highest BCUT2D eigenvalue weighted by molar-refractivity contribution is 5.68. The summed E-state index contributed by atoms with van der Waals surface area (Å²) >= 11 is 0. The molecular weight excluding hydrogens is 244 g/mol. The first kappa shape index (κ1) is 13.5. The van der Waals surface area contributed by atoms with E-state index in [-0.39, 0.29) is 6.09 Å².